The van der Waals surface area contributed by atoms with Crippen LogP contribution in [-0.2, 0) is 23.1 Å². The number of nitrogens with zero attached hydrogens (tertiary/aromatic N) is 1. The average Bonchev–Trinajstić information content (AvgIpc) is 2.73. The first-order valence-corrected chi connectivity index (χ1v) is 6.78. The molecule has 2 rings (SSSR count). The molecular weight excluding hydrogens is 220 g/mol. The standard InChI is InChI=1S/C12H20N2OS/c1-3-12(13,8-15-2)11-14-9-6-4-5-7-10(9)16-11/h3-8,13H2,1-2H3. The molecule has 90 valence electrons. The van der Waals surface area contributed by atoms with Crippen molar-refractivity contribution in [2.75, 3.05) is 13.7 Å². The van der Waals surface area contributed by atoms with E-state index in [0.717, 1.165) is 17.8 Å². The minimum absolute atomic E-state index is 0.392. The highest BCUT2D eigenvalue weighted by molar-refractivity contribution is 7.11. The molecule has 0 saturated carbocycles. The van der Waals surface area contributed by atoms with Crippen LogP contribution in [0.5, 0.6) is 0 Å². The third-order valence-corrected chi connectivity index (χ3v) is 4.68. The van der Waals surface area contributed by atoms with E-state index in [2.05, 4.69) is 6.92 Å². The summed E-state index contributed by atoms with van der Waals surface area (Å²) < 4.78 is 5.23. The summed E-state index contributed by atoms with van der Waals surface area (Å²) in [5.41, 5.74) is 7.25. The molecule has 1 aromatic heterocycles. The maximum Gasteiger partial charge on any atom is 0.115 e. The SMILES string of the molecule is CCC(N)(COC)c1nc2c(s1)CCCC2. The first-order valence-electron chi connectivity index (χ1n) is 5.96. The Labute approximate surface area is 101 Å². The number of methoxy groups -OCH3 is 1. The minimum Gasteiger partial charge on any atom is -0.382 e. The summed E-state index contributed by atoms with van der Waals surface area (Å²) in [6, 6.07) is 0. The fraction of sp³-hybridized carbons (Fsp3) is 0.750. The van der Waals surface area contributed by atoms with E-state index in [9.17, 15) is 0 Å². The van der Waals surface area contributed by atoms with Gasteiger partial charge in [-0.15, -0.1) is 11.3 Å². The summed E-state index contributed by atoms with van der Waals surface area (Å²) in [7, 11) is 1.70. The largest absolute Gasteiger partial charge is 0.382 e. The van der Waals surface area contributed by atoms with Crippen LogP contribution in [-0.4, -0.2) is 18.7 Å². The van der Waals surface area contributed by atoms with Crippen molar-refractivity contribution in [2.45, 2.75) is 44.6 Å². The molecule has 0 aromatic carbocycles. The van der Waals surface area contributed by atoms with E-state index in [-0.39, 0.29) is 0 Å². The molecule has 3 nitrogen and oxygen atoms in total. The Hall–Kier alpha value is -0.450. The van der Waals surface area contributed by atoms with Crippen LogP contribution >= 0.6 is 11.3 Å². The molecule has 1 aliphatic rings. The van der Waals surface area contributed by atoms with Crippen LogP contribution in [0.2, 0.25) is 0 Å². The Morgan fingerprint density at radius 3 is 2.81 bits per heavy atom. The van der Waals surface area contributed by atoms with Crippen LogP contribution in [0.1, 0.15) is 41.8 Å². The second-order valence-electron chi connectivity index (χ2n) is 4.54. The summed E-state index contributed by atoms with van der Waals surface area (Å²) in [6.45, 7) is 2.65. The molecule has 0 radical (unpaired) electrons. The van der Waals surface area contributed by atoms with Gasteiger partial charge in [0.1, 0.15) is 5.01 Å². The van der Waals surface area contributed by atoms with Crippen LogP contribution in [0.25, 0.3) is 0 Å². The molecule has 4 heteroatoms. The smallest absolute Gasteiger partial charge is 0.115 e. The van der Waals surface area contributed by atoms with Crippen molar-refractivity contribution >= 4 is 11.3 Å². The van der Waals surface area contributed by atoms with E-state index in [1.165, 1.54) is 29.8 Å². The molecule has 0 spiro atoms. The lowest BCUT2D eigenvalue weighted by molar-refractivity contribution is 0.129. The highest BCUT2D eigenvalue weighted by Gasteiger charge is 2.30. The topological polar surface area (TPSA) is 48.1 Å². The summed E-state index contributed by atoms with van der Waals surface area (Å²) in [4.78, 5) is 6.17. The van der Waals surface area contributed by atoms with Crippen molar-refractivity contribution in [1.29, 1.82) is 0 Å². The van der Waals surface area contributed by atoms with Crippen molar-refractivity contribution < 1.29 is 4.74 Å². The molecule has 0 amide bonds. The number of thiazole rings is 1. The quantitative estimate of drug-likeness (QED) is 0.878. The van der Waals surface area contributed by atoms with Gasteiger partial charge in [-0.3, -0.25) is 0 Å². The number of aromatic nitrogens is 1. The normalized spacial score (nSPS) is 19.2. The lowest BCUT2D eigenvalue weighted by Gasteiger charge is -2.24. The zero-order chi connectivity index (χ0) is 11.6. The molecule has 0 saturated heterocycles. The van der Waals surface area contributed by atoms with Crippen molar-refractivity contribution in [3.63, 3.8) is 0 Å². The summed E-state index contributed by atoms with van der Waals surface area (Å²) in [5, 5.41) is 1.06. The fourth-order valence-corrected chi connectivity index (χ4v) is 3.45. The lowest BCUT2D eigenvalue weighted by Crippen LogP contribution is -2.40. The second kappa shape index (κ2) is 4.82. The van der Waals surface area contributed by atoms with Gasteiger partial charge in [0.2, 0.25) is 0 Å². The number of hydrogen-bond donors (Lipinski definition) is 1. The van der Waals surface area contributed by atoms with Gasteiger partial charge in [-0.25, -0.2) is 4.98 Å². The van der Waals surface area contributed by atoms with Gasteiger partial charge < -0.3 is 10.5 Å². The molecule has 0 aliphatic heterocycles. The van der Waals surface area contributed by atoms with Crippen molar-refractivity contribution in [3.8, 4) is 0 Å². The highest BCUT2D eigenvalue weighted by Crippen LogP contribution is 2.33. The van der Waals surface area contributed by atoms with Crippen LogP contribution < -0.4 is 5.73 Å². The first-order chi connectivity index (χ1) is 7.69. The number of rotatable bonds is 4. The first kappa shape index (κ1) is 12.0. The molecule has 0 fully saturated rings. The Morgan fingerprint density at radius 2 is 2.19 bits per heavy atom. The Balaban J connectivity index is 2.28. The van der Waals surface area contributed by atoms with Crippen LogP contribution in [0.4, 0.5) is 0 Å². The number of nitrogens with two attached hydrogens (primary N) is 1. The van der Waals surface area contributed by atoms with Crippen LogP contribution in [0.15, 0.2) is 0 Å². The van der Waals surface area contributed by atoms with Gasteiger partial charge in [0.15, 0.2) is 0 Å². The van der Waals surface area contributed by atoms with Crippen molar-refractivity contribution in [1.82, 2.24) is 4.98 Å². The molecular formula is C12H20N2OS. The summed E-state index contributed by atoms with van der Waals surface area (Å²) >= 11 is 1.79. The average molecular weight is 240 g/mol. The number of aryl methyl sites for hydroxylation is 2. The van der Waals surface area contributed by atoms with Gasteiger partial charge in [-0.2, -0.15) is 0 Å². The monoisotopic (exact) mass is 240 g/mol. The summed E-state index contributed by atoms with van der Waals surface area (Å²) in [5.74, 6) is 0. The second-order valence-corrected chi connectivity index (χ2v) is 5.62. The molecule has 2 N–H and O–H groups in total. The zero-order valence-corrected chi connectivity index (χ0v) is 10.9. The van der Waals surface area contributed by atoms with E-state index in [1.54, 1.807) is 18.4 Å². The van der Waals surface area contributed by atoms with Gasteiger partial charge in [0, 0.05) is 12.0 Å². The van der Waals surface area contributed by atoms with Crippen molar-refractivity contribution in [2.24, 2.45) is 5.73 Å². The Kier molecular flexibility index (Phi) is 3.62. The van der Waals surface area contributed by atoms with Crippen molar-refractivity contribution in [3.05, 3.63) is 15.6 Å². The van der Waals surface area contributed by atoms with Gasteiger partial charge in [0.25, 0.3) is 0 Å². The van der Waals surface area contributed by atoms with Gasteiger partial charge in [0.05, 0.1) is 17.8 Å². The van der Waals surface area contributed by atoms with E-state index in [4.69, 9.17) is 15.5 Å². The number of ether oxygens (including phenoxy) is 1. The predicted octanol–water partition coefficient (Wildman–Crippen LogP) is 2.23. The van der Waals surface area contributed by atoms with Crippen LogP contribution in [0, 0.1) is 0 Å². The molecule has 16 heavy (non-hydrogen) atoms. The van der Waals surface area contributed by atoms with Gasteiger partial charge >= 0.3 is 0 Å². The predicted molar refractivity (Wildman–Crippen MR) is 66.8 cm³/mol. The minimum atomic E-state index is -0.392. The maximum absolute atomic E-state index is 6.36. The molecule has 1 aliphatic carbocycles. The zero-order valence-electron chi connectivity index (χ0n) is 10.1. The molecule has 1 atom stereocenters. The van der Waals surface area contributed by atoms with E-state index < -0.39 is 5.54 Å². The van der Waals surface area contributed by atoms with Gasteiger partial charge in [-0.1, -0.05) is 6.92 Å². The third kappa shape index (κ3) is 2.14. The highest BCUT2D eigenvalue weighted by atomic mass is 32.1. The molecule has 1 aromatic rings. The lowest BCUT2D eigenvalue weighted by atomic mass is 9.99. The van der Waals surface area contributed by atoms with Crippen LogP contribution in [0.3, 0.4) is 0 Å². The fourth-order valence-electron chi connectivity index (χ4n) is 2.14. The molecule has 1 heterocycles. The number of fused-ring (bicyclic) bond motifs is 1. The Bertz CT molecular complexity index is 340. The molecule has 0 bridgehead atoms. The third-order valence-electron chi connectivity index (χ3n) is 3.30. The van der Waals surface area contributed by atoms with E-state index in [1.807, 2.05) is 0 Å². The van der Waals surface area contributed by atoms with E-state index in [0.29, 0.717) is 6.61 Å². The Morgan fingerprint density at radius 1 is 1.44 bits per heavy atom. The number of hydrogen-bond acceptors (Lipinski definition) is 4. The maximum atomic E-state index is 6.36. The van der Waals surface area contributed by atoms with Gasteiger partial charge in [-0.05, 0) is 32.1 Å². The summed E-state index contributed by atoms with van der Waals surface area (Å²) in [6.07, 6.45) is 5.73. The van der Waals surface area contributed by atoms with E-state index >= 15 is 0 Å². The molecule has 1 unspecified atom stereocenters.